The van der Waals surface area contributed by atoms with Crippen LogP contribution in [0.15, 0.2) is 24.3 Å². The highest BCUT2D eigenvalue weighted by Gasteiger charge is 2.35. The third-order valence-corrected chi connectivity index (χ3v) is 6.97. The fourth-order valence-corrected chi connectivity index (χ4v) is 5.00. The lowest BCUT2D eigenvalue weighted by Crippen LogP contribution is -2.60. The molecule has 0 heterocycles. The van der Waals surface area contributed by atoms with Crippen molar-refractivity contribution in [2.45, 2.75) is 97.7 Å². The number of carbonyl (C=O) groups excluding carboxylic acids is 3. The zero-order chi connectivity index (χ0) is 31.6. The summed E-state index contributed by atoms with van der Waals surface area (Å²) in [6, 6.07) is 5.99. The van der Waals surface area contributed by atoms with Gasteiger partial charge in [0.15, 0.2) is 0 Å². The van der Waals surface area contributed by atoms with E-state index in [0.29, 0.717) is 17.5 Å². The number of amides is 3. The lowest BCUT2D eigenvalue weighted by molar-refractivity contribution is -0.135. The number of nitrogens with zero attached hydrogens (tertiary/aromatic N) is 2. The third-order valence-electron chi connectivity index (χ3n) is 5.42. The SMILES string of the molecule is CCCS(=O)(=O)N[C@@H](C(=O)N[C@@H](CN(C)C(=O)OC(C)(C)C)C(=O)NCc1ccc(C#N)cc1)C(C)OC(C)(C)C. The molecule has 0 aliphatic carbocycles. The number of rotatable bonds is 13. The highest BCUT2D eigenvalue weighted by Crippen LogP contribution is 2.15. The molecule has 0 aliphatic rings. The van der Waals surface area contributed by atoms with Crippen molar-refractivity contribution < 1.29 is 32.3 Å². The Hall–Kier alpha value is -3.21. The first-order valence-corrected chi connectivity index (χ1v) is 15.1. The van der Waals surface area contributed by atoms with Crippen LogP contribution in [0.4, 0.5) is 4.79 Å². The fourth-order valence-electron chi connectivity index (χ4n) is 3.66. The van der Waals surface area contributed by atoms with E-state index in [9.17, 15) is 22.8 Å². The number of hydrogen-bond donors (Lipinski definition) is 3. The lowest BCUT2D eigenvalue weighted by Gasteiger charge is -2.32. The molecule has 0 aromatic heterocycles. The normalized spacial score (nSPS) is 14.2. The van der Waals surface area contributed by atoms with E-state index in [4.69, 9.17) is 14.7 Å². The minimum atomic E-state index is -3.84. The maximum absolute atomic E-state index is 13.5. The first-order chi connectivity index (χ1) is 18.8. The summed E-state index contributed by atoms with van der Waals surface area (Å²) >= 11 is 0. The molecule has 0 spiro atoms. The summed E-state index contributed by atoms with van der Waals surface area (Å²) in [4.78, 5) is 40.6. The standard InChI is InChI=1S/C28H45N5O7S/c1-10-15-41(37,38)32-23(19(2)39-27(3,4)5)25(35)31-22(18-33(9)26(36)40-28(6,7)8)24(34)30-17-21-13-11-20(16-29)12-14-21/h11-14,19,22-23,32H,10,15,17-18H2,1-9H3,(H,30,34)(H,31,35)/t19?,22-,23+/m0/s1. The Morgan fingerprint density at radius 1 is 1.02 bits per heavy atom. The van der Waals surface area contributed by atoms with Crippen LogP contribution in [0.5, 0.6) is 0 Å². The van der Waals surface area contributed by atoms with E-state index < -0.39 is 57.3 Å². The van der Waals surface area contributed by atoms with Crippen LogP contribution in [0.25, 0.3) is 0 Å². The Bertz CT molecular complexity index is 1180. The number of ether oxygens (including phenoxy) is 2. The van der Waals surface area contributed by atoms with Crippen LogP contribution in [-0.4, -0.2) is 80.0 Å². The molecule has 0 saturated heterocycles. The van der Waals surface area contributed by atoms with E-state index in [1.54, 1.807) is 79.7 Å². The smallest absolute Gasteiger partial charge is 0.410 e. The van der Waals surface area contributed by atoms with Gasteiger partial charge < -0.3 is 25.0 Å². The molecule has 1 unspecified atom stereocenters. The zero-order valence-electron chi connectivity index (χ0n) is 25.5. The largest absolute Gasteiger partial charge is 0.444 e. The molecule has 41 heavy (non-hydrogen) atoms. The molecule has 1 aromatic carbocycles. The molecule has 0 bridgehead atoms. The van der Waals surface area contributed by atoms with Crippen LogP contribution in [0, 0.1) is 11.3 Å². The van der Waals surface area contributed by atoms with Gasteiger partial charge in [0.1, 0.15) is 17.7 Å². The topological polar surface area (TPSA) is 167 Å². The van der Waals surface area contributed by atoms with Gasteiger partial charge in [-0.3, -0.25) is 9.59 Å². The first kappa shape index (κ1) is 35.8. The van der Waals surface area contributed by atoms with Gasteiger partial charge in [-0.25, -0.2) is 17.9 Å². The van der Waals surface area contributed by atoms with Gasteiger partial charge in [0.2, 0.25) is 21.8 Å². The second-order valence-electron chi connectivity index (χ2n) is 11.8. The Balaban J connectivity index is 3.26. The summed E-state index contributed by atoms with van der Waals surface area (Å²) in [5.41, 5.74) is -0.305. The zero-order valence-corrected chi connectivity index (χ0v) is 26.3. The van der Waals surface area contributed by atoms with E-state index >= 15 is 0 Å². The molecule has 230 valence electrons. The Kier molecular flexibility index (Phi) is 13.2. The summed E-state index contributed by atoms with van der Waals surface area (Å²) in [7, 11) is -2.42. The first-order valence-electron chi connectivity index (χ1n) is 13.5. The molecule has 3 atom stereocenters. The van der Waals surface area contributed by atoms with Crippen molar-refractivity contribution in [2.24, 2.45) is 0 Å². The minimum absolute atomic E-state index is 0.0865. The third kappa shape index (κ3) is 13.8. The van der Waals surface area contributed by atoms with Gasteiger partial charge in [0.05, 0.1) is 35.6 Å². The lowest BCUT2D eigenvalue weighted by atomic mass is 10.1. The van der Waals surface area contributed by atoms with E-state index in [1.807, 2.05) is 6.07 Å². The molecule has 0 aliphatic heterocycles. The van der Waals surface area contributed by atoms with Gasteiger partial charge in [-0.2, -0.15) is 5.26 Å². The molecule has 0 radical (unpaired) electrons. The van der Waals surface area contributed by atoms with Crippen molar-refractivity contribution in [1.29, 1.82) is 5.26 Å². The van der Waals surface area contributed by atoms with Crippen molar-refractivity contribution in [3.63, 3.8) is 0 Å². The highest BCUT2D eigenvalue weighted by atomic mass is 32.2. The number of sulfonamides is 1. The molecule has 12 nitrogen and oxygen atoms in total. The number of nitriles is 1. The minimum Gasteiger partial charge on any atom is -0.444 e. The molecule has 3 amide bonds. The average molecular weight is 596 g/mol. The predicted octanol–water partition coefficient (Wildman–Crippen LogP) is 2.43. The fraction of sp³-hybridized carbons (Fsp3) is 0.643. The highest BCUT2D eigenvalue weighted by molar-refractivity contribution is 7.89. The van der Waals surface area contributed by atoms with Crippen LogP contribution in [-0.2, 0) is 35.6 Å². The van der Waals surface area contributed by atoms with Gasteiger partial charge in [0, 0.05) is 13.6 Å². The van der Waals surface area contributed by atoms with Gasteiger partial charge in [-0.05, 0) is 72.6 Å². The predicted molar refractivity (Wildman–Crippen MR) is 155 cm³/mol. The summed E-state index contributed by atoms with van der Waals surface area (Å²) in [6.07, 6.45) is -1.27. The average Bonchev–Trinajstić information content (AvgIpc) is 2.83. The second-order valence-corrected chi connectivity index (χ2v) is 13.7. The van der Waals surface area contributed by atoms with Crippen LogP contribution < -0.4 is 15.4 Å². The number of likely N-dealkylation sites (N-methyl/N-ethyl adjacent to an activating group) is 1. The Morgan fingerprint density at radius 3 is 2.10 bits per heavy atom. The molecule has 1 aromatic rings. The van der Waals surface area contributed by atoms with Gasteiger partial charge in [-0.15, -0.1) is 0 Å². The summed E-state index contributed by atoms with van der Waals surface area (Å²) in [5.74, 6) is -1.61. The van der Waals surface area contributed by atoms with Crippen LogP contribution in [0.2, 0.25) is 0 Å². The maximum atomic E-state index is 13.5. The van der Waals surface area contributed by atoms with E-state index in [2.05, 4.69) is 15.4 Å². The van der Waals surface area contributed by atoms with Crippen molar-refractivity contribution in [2.75, 3.05) is 19.3 Å². The molecular formula is C28H45N5O7S. The van der Waals surface area contributed by atoms with Gasteiger partial charge >= 0.3 is 6.09 Å². The maximum Gasteiger partial charge on any atom is 0.410 e. The molecular weight excluding hydrogens is 550 g/mol. The van der Waals surface area contributed by atoms with Crippen molar-refractivity contribution in [3.05, 3.63) is 35.4 Å². The second kappa shape index (κ2) is 15.1. The monoisotopic (exact) mass is 595 g/mol. The van der Waals surface area contributed by atoms with Crippen molar-refractivity contribution in [3.8, 4) is 6.07 Å². The van der Waals surface area contributed by atoms with Gasteiger partial charge in [0.25, 0.3) is 0 Å². The molecule has 0 fully saturated rings. The van der Waals surface area contributed by atoms with E-state index in [0.717, 1.165) is 4.90 Å². The summed E-state index contributed by atoms with van der Waals surface area (Å²) in [6.45, 7) is 13.5. The molecule has 13 heteroatoms. The number of nitrogens with one attached hydrogen (secondary N) is 3. The van der Waals surface area contributed by atoms with E-state index in [1.165, 1.54) is 7.05 Å². The van der Waals surface area contributed by atoms with Crippen LogP contribution >= 0.6 is 0 Å². The Morgan fingerprint density at radius 2 is 1.61 bits per heavy atom. The van der Waals surface area contributed by atoms with Gasteiger partial charge in [-0.1, -0.05) is 19.1 Å². The number of carbonyl (C=O) groups is 3. The summed E-state index contributed by atoms with van der Waals surface area (Å²) in [5, 5.41) is 14.3. The van der Waals surface area contributed by atoms with Crippen molar-refractivity contribution >= 4 is 27.9 Å². The number of benzene rings is 1. The Labute approximate surface area is 244 Å². The quantitative estimate of drug-likeness (QED) is 0.313. The molecule has 1 rings (SSSR count). The molecule has 3 N–H and O–H groups in total. The van der Waals surface area contributed by atoms with E-state index in [-0.39, 0.29) is 18.8 Å². The number of hydrogen-bond acceptors (Lipinski definition) is 8. The molecule has 0 saturated carbocycles. The van der Waals surface area contributed by atoms with Crippen LogP contribution in [0.3, 0.4) is 0 Å². The van der Waals surface area contributed by atoms with Crippen molar-refractivity contribution in [1.82, 2.24) is 20.3 Å². The van der Waals surface area contributed by atoms with Crippen LogP contribution in [0.1, 0.15) is 72.9 Å². The summed E-state index contributed by atoms with van der Waals surface area (Å²) < 4.78 is 38.9.